The highest BCUT2D eigenvalue weighted by molar-refractivity contribution is 14.1. The molecule has 0 bridgehead atoms. The van der Waals surface area contributed by atoms with Crippen LogP contribution in [0.3, 0.4) is 0 Å². The van der Waals surface area contributed by atoms with Crippen LogP contribution in [0.5, 0.6) is 28.7 Å². The predicted molar refractivity (Wildman–Crippen MR) is 569 cm³/mol. The van der Waals surface area contributed by atoms with E-state index >= 15 is 0 Å². The third-order valence-corrected chi connectivity index (χ3v) is 31.1. The van der Waals surface area contributed by atoms with E-state index in [9.17, 15) is 0 Å². The standard InChI is InChI=1S/C112H126B6I2O18/c1-21-110(19,119)137-115(121-22-2)88-47-40-77(41-48-88)79-68-70-108(17,71-69-79)130-100(80-32-26-23-27-33-80)127-97-67-44-82(72-96(97)103(7,8)83-45-38-81(39-46-83)99(125-92-59-51-90(52-60-92)116-132-104(9,10)105(11,12)133-116)126-93-61-53-91(54-62-93)118-135-107(15,16)111(20,120)138-118)78-42-49-89(50-43-78)117-134-106(13,14)109(18,136-117)73-98-102(5,6)76-124-114(131-98)87-57-65-95(66-58-87)129-112(84-34-28-24-29-35-84,85-36-30-25-31-37-85)128-94-63-55-86(56-64-94)113-122-74-101(3,4)75-123-113/h23-70,72,98-100H,21-22,71,73-76H2,1-20H3. The molecule has 0 N–H and O–H groups in total. The van der Waals surface area contributed by atoms with Crippen molar-refractivity contribution < 1.29 is 84.3 Å². The fourth-order valence-corrected chi connectivity index (χ4v) is 18.4. The number of allylic oxidation sites excluding steroid dienone is 2. The van der Waals surface area contributed by atoms with Crippen molar-refractivity contribution in [1.29, 1.82) is 0 Å². The van der Waals surface area contributed by atoms with Crippen molar-refractivity contribution in [1.82, 2.24) is 0 Å². The van der Waals surface area contributed by atoms with Crippen molar-refractivity contribution in [3.8, 4) is 39.9 Å². The fourth-order valence-electron chi connectivity index (χ4n) is 17.8. The van der Waals surface area contributed by atoms with Gasteiger partial charge in [-0.1, -0.05) is 285 Å². The molecular formula is C112H126B6I2O18. The molecule has 1 aliphatic carbocycles. The average Bonchev–Trinajstić information content (AvgIpc) is 1.37. The molecule has 0 saturated carbocycles. The average molecular weight is 2080 g/mol. The van der Waals surface area contributed by atoms with Gasteiger partial charge in [0, 0.05) is 76.9 Å². The smallest absolute Gasteiger partial charge is 0.460 e. The SMILES string of the molecule is CCOB(OC(C)(I)CC)c1ccc(C2=CCC(C)(OC(Oc3ccc(-c4ccc(B5OC(C)(C)C(C)(CC6OB(c7ccc(OC(Oc8ccc(B9OCC(C)(C)CO9)cc8)(c8ccccc8)c8ccccc8)cc7)OCC6(C)C)O5)cc4)cc3C(C)(C)c3ccc(C(Oc4ccc(B5OC(C)(C)C(C)(C)O5)cc4)Oc4ccc(B5OC(C)(C)C(C)(I)O5)cc4)cc3)c3ccccc3)C=C2)cc1. The van der Waals surface area contributed by atoms with Crippen LogP contribution in [-0.4, -0.2) is 116 Å². The van der Waals surface area contributed by atoms with E-state index in [1.54, 1.807) is 0 Å². The van der Waals surface area contributed by atoms with Gasteiger partial charge in [-0.05, 0) is 269 Å². The largest absolute Gasteiger partial charge is 0.495 e. The first-order chi connectivity index (χ1) is 65.5. The normalized spacial score (nSPS) is 22.3. The van der Waals surface area contributed by atoms with Crippen molar-refractivity contribution in [3.05, 3.63) is 336 Å². The zero-order valence-corrected chi connectivity index (χ0v) is 87.4. The molecule has 11 aromatic rings. The van der Waals surface area contributed by atoms with E-state index in [0.29, 0.717) is 68.0 Å². The molecule has 0 amide bonds. The Morgan fingerprint density at radius 3 is 1.40 bits per heavy atom. The number of halogens is 2. The molecule has 5 heterocycles. The molecule has 5 fully saturated rings. The van der Waals surface area contributed by atoms with Crippen LogP contribution in [-0.2, 0) is 71.8 Å². The minimum absolute atomic E-state index is 0.0581. The highest BCUT2D eigenvalue weighted by atomic mass is 127. The monoisotopic (exact) mass is 2080 g/mol. The summed E-state index contributed by atoms with van der Waals surface area (Å²) in [7, 11) is -3.44. The lowest BCUT2D eigenvalue weighted by atomic mass is 9.70. The van der Waals surface area contributed by atoms with Gasteiger partial charge < -0.3 is 84.3 Å². The molecular weight excluding hydrogens is 1950 g/mol. The second-order valence-electron chi connectivity index (χ2n) is 41.9. The third kappa shape index (κ3) is 22.2. The quantitative estimate of drug-likeness (QED) is 0.0165. The lowest BCUT2D eigenvalue weighted by Crippen LogP contribution is -2.57. The first-order valence-electron chi connectivity index (χ1n) is 48.2. The topological polar surface area (TPSA) is 166 Å². The molecule has 11 aromatic carbocycles. The molecule has 7 unspecified atom stereocenters. The Kier molecular flexibility index (Phi) is 29.3. The van der Waals surface area contributed by atoms with Gasteiger partial charge in [0.05, 0.1) is 39.7 Å². The van der Waals surface area contributed by atoms with E-state index in [1.165, 1.54) is 0 Å². The molecule has 17 rings (SSSR count). The van der Waals surface area contributed by atoms with E-state index in [-0.39, 0.29) is 15.1 Å². The molecule has 5 aliphatic heterocycles. The van der Waals surface area contributed by atoms with Gasteiger partial charge in [0.25, 0.3) is 6.29 Å². The summed E-state index contributed by atoms with van der Waals surface area (Å²) in [5.74, 6) is 1.60. The fraction of sp³-hybridized carbons (Fsp3) is 0.375. The van der Waals surface area contributed by atoms with Crippen molar-refractivity contribution in [2.45, 2.75) is 228 Å². The molecule has 0 aromatic heterocycles. The maximum absolute atomic E-state index is 7.49. The predicted octanol–water partition coefficient (Wildman–Crippen LogP) is 21.6. The maximum Gasteiger partial charge on any atom is 0.495 e. The van der Waals surface area contributed by atoms with E-state index < -0.39 is 109 Å². The van der Waals surface area contributed by atoms with E-state index in [2.05, 4.69) is 277 Å². The lowest BCUT2D eigenvalue weighted by Gasteiger charge is -2.46. The molecule has 5 saturated heterocycles. The Balaban J connectivity index is 0.639. The Bertz CT molecular complexity index is 5900. The molecule has 0 radical (unpaired) electrons. The van der Waals surface area contributed by atoms with Crippen LogP contribution < -0.4 is 56.5 Å². The van der Waals surface area contributed by atoms with Gasteiger partial charge in [-0.3, -0.25) is 0 Å². The number of benzene rings is 11. The van der Waals surface area contributed by atoms with Crippen LogP contribution in [0.15, 0.2) is 297 Å². The summed E-state index contributed by atoms with van der Waals surface area (Å²) in [5.41, 5.74) is 9.54. The van der Waals surface area contributed by atoms with E-state index in [1.807, 2.05) is 204 Å². The molecule has 7 atom stereocenters. The molecule has 138 heavy (non-hydrogen) atoms. The van der Waals surface area contributed by atoms with Crippen LogP contribution in [0.25, 0.3) is 16.7 Å². The van der Waals surface area contributed by atoms with Gasteiger partial charge in [-0.25, -0.2) is 0 Å². The number of ether oxygens (including phenoxy) is 6. The first kappa shape index (κ1) is 101. The third-order valence-electron chi connectivity index (χ3n) is 28.5. The second-order valence-corrected chi connectivity index (χ2v) is 46.3. The summed E-state index contributed by atoms with van der Waals surface area (Å²) in [5, 5.41) is 0. The Hall–Kier alpha value is -8.77. The summed E-state index contributed by atoms with van der Waals surface area (Å²) in [4.78, 5) is 0. The minimum atomic E-state index is -1.41. The highest BCUT2D eigenvalue weighted by Crippen LogP contribution is 2.50. The number of hydrogen-bond acceptors (Lipinski definition) is 18. The summed E-state index contributed by atoms with van der Waals surface area (Å²) in [6, 6.07) is 93.6. The summed E-state index contributed by atoms with van der Waals surface area (Å²) >= 11 is 4.69. The van der Waals surface area contributed by atoms with Gasteiger partial charge in [-0.2, -0.15) is 0 Å². The van der Waals surface area contributed by atoms with Crippen LogP contribution in [0.4, 0.5) is 0 Å². The first-order valence-corrected chi connectivity index (χ1v) is 50.4. The number of alkyl halides is 2. The zero-order valence-electron chi connectivity index (χ0n) is 83.0. The highest BCUT2D eigenvalue weighted by Gasteiger charge is 2.59. The van der Waals surface area contributed by atoms with Gasteiger partial charge in [0.15, 0.2) is 0 Å². The van der Waals surface area contributed by atoms with Crippen LogP contribution in [0.1, 0.15) is 209 Å². The van der Waals surface area contributed by atoms with Crippen LogP contribution in [0.2, 0.25) is 0 Å². The van der Waals surface area contributed by atoms with Gasteiger partial charge in [0.2, 0.25) is 6.29 Å². The summed E-state index contributed by atoms with van der Waals surface area (Å²) < 4.78 is 121. The van der Waals surface area contributed by atoms with Gasteiger partial charge >= 0.3 is 48.5 Å². The van der Waals surface area contributed by atoms with E-state index in [0.717, 1.165) is 94.8 Å². The second kappa shape index (κ2) is 40.2. The number of rotatable bonds is 33. The Morgan fingerprint density at radius 1 is 0.435 bits per heavy atom. The number of hydrogen-bond donors (Lipinski definition) is 0. The Morgan fingerprint density at radius 2 is 0.891 bits per heavy atom. The molecule has 26 heteroatoms. The van der Waals surface area contributed by atoms with Crippen molar-refractivity contribution in [2.75, 3.05) is 26.4 Å². The zero-order chi connectivity index (χ0) is 97.6. The molecule has 6 aliphatic rings. The molecule has 18 nitrogen and oxygen atoms in total. The van der Waals surface area contributed by atoms with Crippen LogP contribution in [0, 0.1) is 10.8 Å². The van der Waals surface area contributed by atoms with Crippen molar-refractivity contribution in [2.24, 2.45) is 10.8 Å². The maximum atomic E-state index is 7.49. The van der Waals surface area contributed by atoms with Gasteiger partial charge in [-0.15, -0.1) is 0 Å². The van der Waals surface area contributed by atoms with E-state index in [4.69, 9.17) is 84.3 Å². The molecule has 714 valence electrons. The van der Waals surface area contributed by atoms with Gasteiger partial charge in [0.1, 0.15) is 36.0 Å². The Labute approximate surface area is 845 Å². The summed E-state index contributed by atoms with van der Waals surface area (Å²) in [6.07, 6.45) is 6.41. The van der Waals surface area contributed by atoms with Crippen LogP contribution >= 0.6 is 45.2 Å². The molecule has 0 spiro atoms. The lowest BCUT2D eigenvalue weighted by molar-refractivity contribution is -0.149. The summed E-state index contributed by atoms with van der Waals surface area (Å²) in [6.45, 7) is 44.3. The van der Waals surface area contributed by atoms with Crippen molar-refractivity contribution >= 4 is 126 Å². The van der Waals surface area contributed by atoms with Crippen molar-refractivity contribution in [3.63, 3.8) is 0 Å². The minimum Gasteiger partial charge on any atom is -0.460 e.